The van der Waals surface area contributed by atoms with Crippen LogP contribution in [0.4, 0.5) is 10.5 Å². The van der Waals surface area contributed by atoms with Crippen LogP contribution in [0.3, 0.4) is 0 Å². The molecule has 7 heteroatoms. The molecule has 144 valence electrons. The maximum absolute atomic E-state index is 12.5. The fourth-order valence-corrected chi connectivity index (χ4v) is 3.32. The SMILES string of the molecule is C[C@@H]1CN(c2ccc(C(=O)O)c(CO)c2)C[C@H](C)N1C(=O)OC(C)(C)C. The summed E-state index contributed by atoms with van der Waals surface area (Å²) in [5, 5.41) is 18.7. The van der Waals surface area contributed by atoms with Gasteiger partial charge < -0.3 is 19.8 Å². The van der Waals surface area contributed by atoms with Gasteiger partial charge >= 0.3 is 12.1 Å². The Kier molecular flexibility index (Phi) is 5.81. The molecule has 7 nitrogen and oxygen atoms in total. The lowest BCUT2D eigenvalue weighted by molar-refractivity contribution is 0.00563. The number of anilines is 1. The van der Waals surface area contributed by atoms with Gasteiger partial charge in [-0.2, -0.15) is 0 Å². The van der Waals surface area contributed by atoms with Crippen LogP contribution in [0.1, 0.15) is 50.5 Å². The van der Waals surface area contributed by atoms with Crippen molar-refractivity contribution in [2.75, 3.05) is 18.0 Å². The van der Waals surface area contributed by atoms with E-state index in [0.717, 1.165) is 5.69 Å². The number of nitrogens with zero attached hydrogens (tertiary/aromatic N) is 2. The van der Waals surface area contributed by atoms with Gasteiger partial charge in [0.05, 0.1) is 24.3 Å². The topological polar surface area (TPSA) is 90.3 Å². The summed E-state index contributed by atoms with van der Waals surface area (Å²) < 4.78 is 5.51. The maximum Gasteiger partial charge on any atom is 0.410 e. The molecule has 2 N–H and O–H groups in total. The van der Waals surface area contributed by atoms with Crippen molar-refractivity contribution >= 4 is 17.7 Å². The number of carbonyl (C=O) groups is 2. The van der Waals surface area contributed by atoms with Gasteiger partial charge in [-0.25, -0.2) is 9.59 Å². The Morgan fingerprint density at radius 2 is 1.77 bits per heavy atom. The highest BCUT2D eigenvalue weighted by molar-refractivity contribution is 5.90. The number of hydrogen-bond donors (Lipinski definition) is 2. The van der Waals surface area contributed by atoms with E-state index in [1.54, 1.807) is 17.0 Å². The van der Waals surface area contributed by atoms with E-state index in [4.69, 9.17) is 4.74 Å². The number of amides is 1. The number of hydrogen-bond acceptors (Lipinski definition) is 5. The molecule has 2 rings (SSSR count). The van der Waals surface area contributed by atoms with E-state index in [9.17, 15) is 19.8 Å². The summed E-state index contributed by atoms with van der Waals surface area (Å²) in [4.78, 5) is 27.6. The molecule has 0 aliphatic carbocycles. The second kappa shape index (κ2) is 7.53. The van der Waals surface area contributed by atoms with Gasteiger partial charge in [-0.05, 0) is 58.4 Å². The Bertz CT molecular complexity index is 671. The zero-order valence-corrected chi connectivity index (χ0v) is 16.0. The van der Waals surface area contributed by atoms with Crippen LogP contribution in [0.5, 0.6) is 0 Å². The van der Waals surface area contributed by atoms with E-state index < -0.39 is 11.6 Å². The molecule has 1 fully saturated rings. The minimum Gasteiger partial charge on any atom is -0.478 e. The molecule has 1 heterocycles. The van der Waals surface area contributed by atoms with Crippen LogP contribution in [0, 0.1) is 0 Å². The van der Waals surface area contributed by atoms with Gasteiger partial charge in [0.2, 0.25) is 0 Å². The van der Waals surface area contributed by atoms with Crippen LogP contribution in [0.25, 0.3) is 0 Å². The quantitative estimate of drug-likeness (QED) is 0.857. The van der Waals surface area contributed by atoms with Crippen molar-refractivity contribution in [3.8, 4) is 0 Å². The van der Waals surface area contributed by atoms with Crippen molar-refractivity contribution in [3.63, 3.8) is 0 Å². The minimum atomic E-state index is -1.06. The standard InChI is InChI=1S/C19H28N2O5/c1-12-9-20(10-13(2)21(12)18(25)26-19(3,4)5)15-6-7-16(17(23)24)14(8-15)11-22/h6-8,12-13,22H,9-11H2,1-5H3,(H,23,24)/t12-,13+. The third-order valence-corrected chi connectivity index (χ3v) is 4.38. The monoisotopic (exact) mass is 364 g/mol. The summed E-state index contributed by atoms with van der Waals surface area (Å²) >= 11 is 0. The van der Waals surface area contributed by atoms with Gasteiger partial charge in [0.25, 0.3) is 0 Å². The van der Waals surface area contributed by atoms with Gasteiger partial charge in [-0.3, -0.25) is 4.90 Å². The molecule has 1 aliphatic heterocycles. The first kappa shape index (κ1) is 20.0. The normalized spacial score (nSPS) is 20.8. The van der Waals surface area contributed by atoms with Crippen molar-refractivity contribution in [2.45, 2.75) is 58.9 Å². The zero-order valence-electron chi connectivity index (χ0n) is 16.0. The number of aliphatic hydroxyl groups excluding tert-OH is 1. The number of piperazine rings is 1. The van der Waals surface area contributed by atoms with Crippen molar-refractivity contribution in [1.29, 1.82) is 0 Å². The minimum absolute atomic E-state index is 0.0645. The number of aliphatic hydroxyl groups is 1. The van der Waals surface area contributed by atoms with Gasteiger partial charge in [-0.15, -0.1) is 0 Å². The maximum atomic E-state index is 12.5. The predicted molar refractivity (Wildman–Crippen MR) is 98.5 cm³/mol. The highest BCUT2D eigenvalue weighted by Gasteiger charge is 2.35. The Labute approximate surface area is 154 Å². The highest BCUT2D eigenvalue weighted by atomic mass is 16.6. The number of aromatic carboxylic acids is 1. The molecule has 26 heavy (non-hydrogen) atoms. The molecule has 2 atom stereocenters. The van der Waals surface area contributed by atoms with Gasteiger partial charge in [0.15, 0.2) is 0 Å². The van der Waals surface area contributed by atoms with Crippen molar-refractivity contribution in [2.24, 2.45) is 0 Å². The summed E-state index contributed by atoms with van der Waals surface area (Å²) in [5.74, 6) is -1.06. The molecule has 1 amide bonds. The summed E-state index contributed by atoms with van der Waals surface area (Å²) in [6.07, 6.45) is -0.325. The van der Waals surface area contributed by atoms with Gasteiger partial charge in [0, 0.05) is 18.8 Å². The lowest BCUT2D eigenvalue weighted by atomic mass is 10.0. The first-order valence-electron chi connectivity index (χ1n) is 8.77. The van der Waals surface area contributed by atoms with E-state index in [1.807, 2.05) is 34.6 Å². The third-order valence-electron chi connectivity index (χ3n) is 4.38. The lowest BCUT2D eigenvalue weighted by Gasteiger charge is -2.45. The molecule has 0 saturated carbocycles. The van der Waals surface area contributed by atoms with E-state index in [2.05, 4.69) is 4.90 Å². The number of ether oxygens (including phenoxy) is 1. The highest BCUT2D eigenvalue weighted by Crippen LogP contribution is 2.26. The summed E-state index contributed by atoms with van der Waals surface area (Å²) in [6.45, 7) is 10.3. The van der Waals surface area contributed by atoms with Crippen molar-refractivity contribution in [1.82, 2.24) is 4.90 Å². The molecule has 0 radical (unpaired) electrons. The summed E-state index contributed by atoms with van der Waals surface area (Å²) in [5.41, 5.74) is 0.771. The molecule has 0 aromatic heterocycles. The number of rotatable bonds is 3. The second-order valence-electron chi connectivity index (χ2n) is 7.80. The number of carboxylic acids is 1. The molecule has 0 spiro atoms. The van der Waals surface area contributed by atoms with Crippen LogP contribution in [-0.2, 0) is 11.3 Å². The average molecular weight is 364 g/mol. The molecule has 0 bridgehead atoms. The summed E-state index contributed by atoms with van der Waals surface area (Å²) in [7, 11) is 0. The van der Waals surface area contributed by atoms with E-state index >= 15 is 0 Å². The van der Waals surface area contributed by atoms with Gasteiger partial charge in [0.1, 0.15) is 5.60 Å². The first-order chi connectivity index (χ1) is 12.0. The van der Waals surface area contributed by atoms with Crippen LogP contribution in [-0.4, -0.2) is 57.9 Å². The van der Waals surface area contributed by atoms with Crippen molar-refractivity contribution < 1.29 is 24.5 Å². The third kappa shape index (κ3) is 4.46. The fraction of sp³-hybridized carbons (Fsp3) is 0.579. The van der Waals surface area contributed by atoms with E-state index in [0.29, 0.717) is 18.7 Å². The van der Waals surface area contributed by atoms with Crippen LogP contribution < -0.4 is 4.90 Å². The fourth-order valence-electron chi connectivity index (χ4n) is 3.32. The number of carbonyl (C=O) groups excluding carboxylic acids is 1. The Hall–Kier alpha value is -2.28. The lowest BCUT2D eigenvalue weighted by Crippen LogP contribution is -2.59. The largest absolute Gasteiger partial charge is 0.478 e. The summed E-state index contributed by atoms with van der Waals surface area (Å²) in [6, 6.07) is 4.83. The average Bonchev–Trinajstić information content (AvgIpc) is 2.51. The molecular weight excluding hydrogens is 336 g/mol. The molecular formula is C19H28N2O5. The molecule has 1 saturated heterocycles. The van der Waals surface area contributed by atoms with Crippen molar-refractivity contribution in [3.05, 3.63) is 29.3 Å². The molecule has 1 aromatic carbocycles. The second-order valence-corrected chi connectivity index (χ2v) is 7.80. The Balaban J connectivity index is 2.19. The zero-order chi connectivity index (χ0) is 19.6. The van der Waals surface area contributed by atoms with E-state index in [-0.39, 0.29) is 30.3 Å². The van der Waals surface area contributed by atoms with Crippen LogP contribution in [0.15, 0.2) is 18.2 Å². The molecule has 1 aromatic rings. The predicted octanol–water partition coefficient (Wildman–Crippen LogP) is 2.71. The Morgan fingerprint density at radius 3 is 2.23 bits per heavy atom. The first-order valence-corrected chi connectivity index (χ1v) is 8.77. The smallest absolute Gasteiger partial charge is 0.410 e. The van der Waals surface area contributed by atoms with E-state index in [1.165, 1.54) is 6.07 Å². The van der Waals surface area contributed by atoms with Gasteiger partial charge in [-0.1, -0.05) is 0 Å². The molecule has 0 unspecified atom stereocenters. The van der Waals surface area contributed by atoms with Crippen LogP contribution >= 0.6 is 0 Å². The van der Waals surface area contributed by atoms with Crippen LogP contribution in [0.2, 0.25) is 0 Å². The Morgan fingerprint density at radius 1 is 1.19 bits per heavy atom. The number of carboxylic acid groups (broad SMARTS) is 1. The molecule has 1 aliphatic rings. The number of benzene rings is 1.